The van der Waals surface area contributed by atoms with Crippen LogP contribution < -0.4 is 5.32 Å². The molecule has 0 aliphatic rings. The molecule has 2 unspecified atom stereocenters. The molecule has 0 radical (unpaired) electrons. The van der Waals surface area contributed by atoms with Gasteiger partial charge in [-0.3, -0.25) is 4.21 Å². The molecule has 0 bridgehead atoms. The first-order valence-electron chi connectivity index (χ1n) is 4.97. The third-order valence-electron chi connectivity index (χ3n) is 2.25. The monoisotopic (exact) mass is 247 g/mol. The molecule has 1 aromatic rings. The highest BCUT2D eigenvalue weighted by Crippen LogP contribution is 2.07. The molecule has 2 atom stereocenters. The lowest BCUT2D eigenvalue weighted by atomic mass is 10.2. The van der Waals surface area contributed by atoms with Crippen molar-refractivity contribution in [2.24, 2.45) is 0 Å². The van der Waals surface area contributed by atoms with Crippen LogP contribution in [-0.2, 0) is 17.3 Å². The fraction of sp³-hybridized carbons (Fsp3) is 0.455. The highest BCUT2D eigenvalue weighted by molar-refractivity contribution is 7.84. The van der Waals surface area contributed by atoms with Crippen molar-refractivity contribution in [1.29, 1.82) is 0 Å². The van der Waals surface area contributed by atoms with E-state index in [1.165, 1.54) is 12.1 Å². The number of hydrogen-bond acceptors (Lipinski definition) is 2. The molecule has 0 aliphatic heterocycles. The fourth-order valence-corrected chi connectivity index (χ4v) is 1.60. The predicted octanol–water partition coefficient (Wildman–Crippen LogP) is 1.82. The normalized spacial score (nSPS) is 14.8. The Morgan fingerprint density at radius 1 is 1.31 bits per heavy atom. The summed E-state index contributed by atoms with van der Waals surface area (Å²) < 4.78 is 36.7. The van der Waals surface area contributed by atoms with Gasteiger partial charge in [0.25, 0.3) is 0 Å². The summed E-state index contributed by atoms with van der Waals surface area (Å²) in [6.45, 7) is 2.78. The molecule has 16 heavy (non-hydrogen) atoms. The van der Waals surface area contributed by atoms with Gasteiger partial charge in [0.2, 0.25) is 0 Å². The van der Waals surface area contributed by atoms with Gasteiger partial charge in [0.05, 0.1) is 0 Å². The van der Waals surface area contributed by atoms with Crippen molar-refractivity contribution in [3.63, 3.8) is 0 Å². The van der Waals surface area contributed by atoms with Gasteiger partial charge in [-0.15, -0.1) is 0 Å². The second-order valence-electron chi connectivity index (χ2n) is 3.72. The number of hydrogen-bond donors (Lipinski definition) is 1. The topological polar surface area (TPSA) is 29.1 Å². The van der Waals surface area contributed by atoms with Crippen LogP contribution in [-0.4, -0.2) is 22.3 Å². The van der Waals surface area contributed by atoms with Crippen LogP contribution >= 0.6 is 0 Å². The first-order valence-corrected chi connectivity index (χ1v) is 6.59. The molecule has 0 spiro atoms. The van der Waals surface area contributed by atoms with E-state index >= 15 is 0 Å². The van der Waals surface area contributed by atoms with Crippen molar-refractivity contribution in [2.45, 2.75) is 18.7 Å². The summed E-state index contributed by atoms with van der Waals surface area (Å²) in [6.07, 6.45) is 1.63. The van der Waals surface area contributed by atoms with E-state index in [4.69, 9.17) is 0 Å². The summed E-state index contributed by atoms with van der Waals surface area (Å²) in [7, 11) is -0.888. The average molecular weight is 247 g/mol. The van der Waals surface area contributed by atoms with Crippen LogP contribution in [0.2, 0.25) is 0 Å². The third-order valence-corrected chi connectivity index (χ3v) is 3.55. The highest BCUT2D eigenvalue weighted by atomic mass is 32.2. The Morgan fingerprint density at radius 3 is 2.38 bits per heavy atom. The van der Waals surface area contributed by atoms with Crippen molar-refractivity contribution >= 4 is 10.8 Å². The van der Waals surface area contributed by atoms with E-state index in [1.807, 2.05) is 6.92 Å². The van der Waals surface area contributed by atoms with Crippen molar-refractivity contribution in [1.82, 2.24) is 5.32 Å². The number of nitrogens with one attached hydrogen (secondary N) is 1. The summed E-state index contributed by atoms with van der Waals surface area (Å²) >= 11 is 0. The van der Waals surface area contributed by atoms with Gasteiger partial charge in [-0.1, -0.05) is 0 Å². The maximum atomic E-state index is 12.8. The zero-order chi connectivity index (χ0) is 12.1. The second-order valence-corrected chi connectivity index (χ2v) is 5.52. The van der Waals surface area contributed by atoms with E-state index in [0.717, 1.165) is 6.07 Å². The summed E-state index contributed by atoms with van der Waals surface area (Å²) in [4.78, 5) is 0. The molecular formula is C11H15F2NOS. The Labute approximate surface area is 96.5 Å². The van der Waals surface area contributed by atoms with Crippen LogP contribution in [0.25, 0.3) is 0 Å². The van der Waals surface area contributed by atoms with Gasteiger partial charge in [0, 0.05) is 41.5 Å². The van der Waals surface area contributed by atoms with Gasteiger partial charge in [-0.2, -0.15) is 0 Å². The maximum Gasteiger partial charge on any atom is 0.126 e. The molecule has 0 heterocycles. The minimum Gasteiger partial charge on any atom is -0.311 e. The molecule has 1 N–H and O–H groups in total. The lowest BCUT2D eigenvalue weighted by Gasteiger charge is -2.09. The molecule has 0 saturated carbocycles. The highest BCUT2D eigenvalue weighted by Gasteiger charge is 2.05. The quantitative estimate of drug-likeness (QED) is 0.860. The first kappa shape index (κ1) is 13.3. The van der Waals surface area contributed by atoms with E-state index < -0.39 is 22.4 Å². The van der Waals surface area contributed by atoms with Gasteiger partial charge in [-0.25, -0.2) is 8.78 Å². The van der Waals surface area contributed by atoms with E-state index in [1.54, 1.807) is 6.26 Å². The minimum absolute atomic E-state index is 0.0263. The summed E-state index contributed by atoms with van der Waals surface area (Å²) in [5.74, 6) is -1.16. The number of halogens is 2. The molecule has 0 amide bonds. The summed E-state index contributed by atoms with van der Waals surface area (Å²) in [6, 6.07) is 3.40. The predicted molar refractivity (Wildman–Crippen MR) is 61.6 cm³/mol. The van der Waals surface area contributed by atoms with E-state index in [2.05, 4.69) is 5.32 Å². The Kier molecular flexibility index (Phi) is 5.02. The molecule has 90 valence electrons. The summed E-state index contributed by atoms with van der Waals surface area (Å²) in [5, 5.41) is 3.04. The third kappa shape index (κ3) is 4.37. The van der Waals surface area contributed by atoms with Crippen molar-refractivity contribution < 1.29 is 13.0 Å². The maximum absolute atomic E-state index is 12.8. The Morgan fingerprint density at radius 2 is 1.88 bits per heavy atom. The van der Waals surface area contributed by atoms with E-state index in [0.29, 0.717) is 18.7 Å². The van der Waals surface area contributed by atoms with Crippen molar-refractivity contribution in [3.05, 3.63) is 35.4 Å². The number of benzene rings is 1. The zero-order valence-corrected chi connectivity index (χ0v) is 10.1. The van der Waals surface area contributed by atoms with E-state index in [9.17, 15) is 13.0 Å². The van der Waals surface area contributed by atoms with Crippen LogP contribution in [0.3, 0.4) is 0 Å². The Balaban J connectivity index is 2.46. The second kappa shape index (κ2) is 6.06. The van der Waals surface area contributed by atoms with Crippen LogP contribution in [0.1, 0.15) is 12.5 Å². The standard InChI is InChI=1S/C11H15F2NOS/c1-8(16(2)15)6-14-7-9-3-10(12)5-11(13)4-9/h3-5,8,14H,6-7H2,1-2H3. The van der Waals surface area contributed by atoms with Gasteiger partial charge in [-0.05, 0) is 24.6 Å². The Bertz CT molecular complexity index is 364. The molecule has 1 rings (SSSR count). The van der Waals surface area contributed by atoms with Gasteiger partial charge in [0.15, 0.2) is 0 Å². The molecular weight excluding hydrogens is 232 g/mol. The molecule has 0 fully saturated rings. The van der Waals surface area contributed by atoms with Gasteiger partial charge >= 0.3 is 0 Å². The lowest BCUT2D eigenvalue weighted by molar-refractivity contribution is 0.574. The lowest BCUT2D eigenvalue weighted by Crippen LogP contribution is -2.27. The Hall–Kier alpha value is -0.810. The van der Waals surface area contributed by atoms with Crippen LogP contribution in [0.4, 0.5) is 8.78 Å². The van der Waals surface area contributed by atoms with Crippen molar-refractivity contribution in [2.75, 3.05) is 12.8 Å². The molecule has 0 aromatic heterocycles. The SMILES string of the molecule is CC(CNCc1cc(F)cc(F)c1)S(C)=O. The van der Waals surface area contributed by atoms with Crippen molar-refractivity contribution in [3.8, 4) is 0 Å². The molecule has 0 saturated heterocycles. The van der Waals surface area contributed by atoms with E-state index in [-0.39, 0.29) is 5.25 Å². The molecule has 2 nitrogen and oxygen atoms in total. The van der Waals surface area contributed by atoms with Crippen LogP contribution in [0.15, 0.2) is 18.2 Å². The number of rotatable bonds is 5. The molecule has 0 aliphatic carbocycles. The molecule has 1 aromatic carbocycles. The van der Waals surface area contributed by atoms with Crippen LogP contribution in [0, 0.1) is 11.6 Å². The van der Waals surface area contributed by atoms with Gasteiger partial charge in [0.1, 0.15) is 11.6 Å². The fourth-order valence-electron chi connectivity index (χ4n) is 1.25. The van der Waals surface area contributed by atoms with Gasteiger partial charge < -0.3 is 5.32 Å². The minimum atomic E-state index is -0.888. The zero-order valence-electron chi connectivity index (χ0n) is 9.30. The van der Waals surface area contributed by atoms with Crippen LogP contribution in [0.5, 0.6) is 0 Å². The average Bonchev–Trinajstić information content (AvgIpc) is 2.15. The first-order chi connectivity index (χ1) is 7.49. The molecule has 5 heteroatoms. The summed E-state index contributed by atoms with van der Waals surface area (Å²) in [5.41, 5.74) is 0.548. The largest absolute Gasteiger partial charge is 0.311 e. The smallest absolute Gasteiger partial charge is 0.126 e.